The van der Waals surface area contributed by atoms with Gasteiger partial charge in [0.1, 0.15) is 5.82 Å². The summed E-state index contributed by atoms with van der Waals surface area (Å²) in [7, 11) is -3.54. The van der Waals surface area contributed by atoms with E-state index in [9.17, 15) is 17.6 Å². The van der Waals surface area contributed by atoms with Crippen LogP contribution in [-0.4, -0.2) is 54.3 Å². The molecule has 0 N–H and O–H groups in total. The van der Waals surface area contributed by atoms with Gasteiger partial charge < -0.3 is 9.47 Å². The molecule has 186 valence electrons. The molecule has 5 rings (SSSR count). The molecule has 1 aromatic heterocycles. The van der Waals surface area contributed by atoms with Crippen molar-refractivity contribution in [3.63, 3.8) is 0 Å². The van der Waals surface area contributed by atoms with Crippen molar-refractivity contribution in [2.45, 2.75) is 24.3 Å². The average Bonchev–Trinajstić information content (AvgIpc) is 3.26. The second-order valence-corrected chi connectivity index (χ2v) is 11.0. The van der Waals surface area contributed by atoms with Gasteiger partial charge >= 0.3 is 0 Å². The van der Waals surface area contributed by atoms with Crippen LogP contribution in [0.3, 0.4) is 0 Å². The molecule has 1 aliphatic heterocycles. The van der Waals surface area contributed by atoms with Gasteiger partial charge in [-0.3, -0.25) is 4.79 Å². The zero-order valence-corrected chi connectivity index (χ0v) is 20.7. The molecule has 1 amide bonds. The molecule has 36 heavy (non-hydrogen) atoms. The summed E-state index contributed by atoms with van der Waals surface area (Å²) in [6.07, 6.45) is 3.03. The van der Waals surface area contributed by atoms with E-state index >= 15 is 0 Å². The normalized spacial score (nSPS) is 14.9. The first-order valence-corrected chi connectivity index (χ1v) is 13.5. The minimum Gasteiger partial charge on any atom is -0.343 e. The Hall–Kier alpha value is -3.49. The van der Waals surface area contributed by atoms with E-state index in [0.29, 0.717) is 45.6 Å². The number of amides is 1. The lowest BCUT2D eigenvalue weighted by Gasteiger charge is -2.34. The summed E-state index contributed by atoms with van der Waals surface area (Å²) in [5.41, 5.74) is 3.17. The first kappa shape index (κ1) is 24.2. The maximum absolute atomic E-state index is 13.3. The monoisotopic (exact) mass is 505 g/mol. The van der Waals surface area contributed by atoms with Gasteiger partial charge in [-0.15, -0.1) is 0 Å². The first-order chi connectivity index (χ1) is 17.4. The standard InChI is InChI=1S/C28H28FN3O3S/c29-24-13-10-22(11-14-24)20-31-21-23(26-8-4-5-9-27(26)31)12-15-28(33)30-16-18-32(19-17-30)36(34,35)25-6-2-1-3-7-25/h1-11,13-14,21H,12,15-20H2. The molecule has 0 unspecified atom stereocenters. The molecule has 1 aliphatic rings. The molecular formula is C28H28FN3O3S. The van der Waals surface area contributed by atoms with Gasteiger partial charge in [0.05, 0.1) is 4.90 Å². The maximum atomic E-state index is 13.3. The number of para-hydroxylation sites is 1. The Balaban J connectivity index is 1.22. The third-order valence-electron chi connectivity index (χ3n) is 6.72. The fraction of sp³-hybridized carbons (Fsp3) is 0.250. The molecule has 0 aliphatic carbocycles. The smallest absolute Gasteiger partial charge is 0.243 e. The molecule has 0 saturated carbocycles. The van der Waals surface area contributed by atoms with Gasteiger partial charge in [0.2, 0.25) is 15.9 Å². The fourth-order valence-electron chi connectivity index (χ4n) is 4.76. The van der Waals surface area contributed by atoms with Crippen LogP contribution < -0.4 is 0 Å². The van der Waals surface area contributed by atoms with E-state index in [1.54, 1.807) is 47.4 Å². The summed E-state index contributed by atoms with van der Waals surface area (Å²) < 4.78 is 42.6. The molecule has 1 saturated heterocycles. The number of hydrogen-bond donors (Lipinski definition) is 0. The average molecular weight is 506 g/mol. The molecular weight excluding hydrogens is 477 g/mol. The summed E-state index contributed by atoms with van der Waals surface area (Å²) >= 11 is 0. The van der Waals surface area contributed by atoms with Crippen molar-refractivity contribution in [3.8, 4) is 0 Å². The van der Waals surface area contributed by atoms with Gasteiger partial charge in [-0.05, 0) is 47.9 Å². The van der Waals surface area contributed by atoms with E-state index in [0.717, 1.165) is 22.0 Å². The molecule has 0 bridgehead atoms. The second kappa shape index (κ2) is 10.2. The zero-order valence-electron chi connectivity index (χ0n) is 19.9. The van der Waals surface area contributed by atoms with Crippen LogP contribution in [0.15, 0.2) is 90.0 Å². The Bertz CT molecular complexity index is 1460. The van der Waals surface area contributed by atoms with Crippen LogP contribution in [0.5, 0.6) is 0 Å². The van der Waals surface area contributed by atoms with Crippen molar-refractivity contribution in [2.75, 3.05) is 26.2 Å². The van der Waals surface area contributed by atoms with Crippen molar-refractivity contribution < 1.29 is 17.6 Å². The number of aromatic nitrogens is 1. The molecule has 4 aromatic rings. The van der Waals surface area contributed by atoms with Crippen molar-refractivity contribution in [1.82, 2.24) is 13.8 Å². The van der Waals surface area contributed by atoms with E-state index < -0.39 is 10.0 Å². The lowest BCUT2D eigenvalue weighted by molar-refractivity contribution is -0.132. The quantitative estimate of drug-likeness (QED) is 0.376. The Morgan fingerprint density at radius 1 is 0.833 bits per heavy atom. The lowest BCUT2D eigenvalue weighted by Crippen LogP contribution is -2.50. The highest BCUT2D eigenvalue weighted by Gasteiger charge is 2.29. The molecule has 1 fully saturated rings. The van der Waals surface area contributed by atoms with Crippen LogP contribution in [0, 0.1) is 5.82 Å². The number of benzene rings is 3. The van der Waals surface area contributed by atoms with E-state index in [4.69, 9.17) is 0 Å². The minimum absolute atomic E-state index is 0.0297. The van der Waals surface area contributed by atoms with E-state index in [1.165, 1.54) is 16.4 Å². The number of rotatable bonds is 7. The predicted molar refractivity (Wildman–Crippen MR) is 138 cm³/mol. The predicted octanol–water partition coefficient (Wildman–Crippen LogP) is 4.29. The first-order valence-electron chi connectivity index (χ1n) is 12.1. The summed E-state index contributed by atoms with van der Waals surface area (Å²) in [5.74, 6) is -0.226. The van der Waals surface area contributed by atoms with E-state index in [1.807, 2.05) is 12.1 Å². The SMILES string of the molecule is O=C(CCc1cn(Cc2ccc(F)cc2)c2ccccc12)N1CCN(S(=O)(=O)c2ccccc2)CC1. The van der Waals surface area contributed by atoms with Crippen molar-refractivity contribution >= 4 is 26.8 Å². The number of nitrogens with zero attached hydrogens (tertiary/aromatic N) is 3. The van der Waals surface area contributed by atoms with Gasteiger partial charge in [-0.25, -0.2) is 12.8 Å². The molecule has 6 nitrogen and oxygen atoms in total. The molecule has 2 heterocycles. The van der Waals surface area contributed by atoms with Gasteiger partial charge in [0.25, 0.3) is 0 Å². The summed E-state index contributed by atoms with van der Waals surface area (Å²) in [6, 6.07) is 23.0. The summed E-state index contributed by atoms with van der Waals surface area (Å²) in [6.45, 7) is 1.97. The van der Waals surface area contributed by atoms with Crippen LogP contribution in [-0.2, 0) is 27.8 Å². The van der Waals surface area contributed by atoms with E-state index in [-0.39, 0.29) is 16.6 Å². The fourth-order valence-corrected chi connectivity index (χ4v) is 6.20. The van der Waals surface area contributed by atoms with Gasteiger partial charge in [0.15, 0.2) is 0 Å². The summed E-state index contributed by atoms with van der Waals surface area (Å²) in [5, 5.41) is 1.10. The number of halogens is 1. The van der Waals surface area contributed by atoms with Crippen LogP contribution in [0.2, 0.25) is 0 Å². The second-order valence-electron chi connectivity index (χ2n) is 9.02. The minimum atomic E-state index is -3.54. The van der Waals surface area contributed by atoms with E-state index in [2.05, 4.69) is 22.9 Å². The third kappa shape index (κ3) is 5.05. The van der Waals surface area contributed by atoms with Gasteiger partial charge in [0, 0.05) is 56.2 Å². The molecule has 0 radical (unpaired) electrons. The van der Waals surface area contributed by atoms with Crippen LogP contribution in [0.4, 0.5) is 4.39 Å². The number of carbonyl (C=O) groups excluding carboxylic acids is 1. The Morgan fingerprint density at radius 2 is 1.50 bits per heavy atom. The number of piperazine rings is 1. The Kier molecular flexibility index (Phi) is 6.89. The molecule has 3 aromatic carbocycles. The zero-order chi connectivity index (χ0) is 25.1. The Labute approximate surface area is 210 Å². The number of aryl methyl sites for hydroxylation is 1. The highest BCUT2D eigenvalue weighted by atomic mass is 32.2. The van der Waals surface area contributed by atoms with Crippen LogP contribution in [0.25, 0.3) is 10.9 Å². The maximum Gasteiger partial charge on any atom is 0.243 e. The number of fused-ring (bicyclic) bond motifs is 1. The third-order valence-corrected chi connectivity index (χ3v) is 8.63. The topological polar surface area (TPSA) is 62.6 Å². The van der Waals surface area contributed by atoms with Gasteiger partial charge in [-0.1, -0.05) is 48.5 Å². The highest BCUT2D eigenvalue weighted by Crippen LogP contribution is 2.24. The molecule has 8 heteroatoms. The van der Waals surface area contributed by atoms with Crippen LogP contribution in [0.1, 0.15) is 17.5 Å². The lowest BCUT2D eigenvalue weighted by atomic mass is 10.1. The molecule has 0 atom stereocenters. The Morgan fingerprint density at radius 3 is 2.22 bits per heavy atom. The highest BCUT2D eigenvalue weighted by molar-refractivity contribution is 7.89. The largest absolute Gasteiger partial charge is 0.343 e. The van der Waals surface area contributed by atoms with Crippen molar-refractivity contribution in [1.29, 1.82) is 0 Å². The number of hydrogen-bond acceptors (Lipinski definition) is 3. The van der Waals surface area contributed by atoms with Crippen molar-refractivity contribution in [2.24, 2.45) is 0 Å². The molecule has 0 spiro atoms. The number of sulfonamides is 1. The number of carbonyl (C=O) groups is 1. The summed E-state index contributed by atoms with van der Waals surface area (Å²) in [4.78, 5) is 15.0. The van der Waals surface area contributed by atoms with Gasteiger partial charge in [-0.2, -0.15) is 4.31 Å². The van der Waals surface area contributed by atoms with Crippen LogP contribution >= 0.6 is 0 Å². The van der Waals surface area contributed by atoms with Crippen molar-refractivity contribution in [3.05, 3.63) is 102 Å².